The summed E-state index contributed by atoms with van der Waals surface area (Å²) < 4.78 is 4.45. The first-order valence-corrected chi connectivity index (χ1v) is 6.09. The Balaban J connectivity index is 1.94. The van der Waals surface area contributed by atoms with Crippen LogP contribution in [0.25, 0.3) is 0 Å². The van der Waals surface area contributed by atoms with E-state index >= 15 is 0 Å². The van der Waals surface area contributed by atoms with Crippen LogP contribution in [0.3, 0.4) is 0 Å². The number of piperidine rings is 1. The third kappa shape index (κ3) is 2.74. The first-order chi connectivity index (χ1) is 7.29. The summed E-state index contributed by atoms with van der Waals surface area (Å²) in [6.45, 7) is 2.54. The highest BCUT2D eigenvalue weighted by Gasteiger charge is 2.20. The lowest BCUT2D eigenvalue weighted by atomic mass is 10.00. The molecule has 0 radical (unpaired) electrons. The molecule has 4 nitrogen and oxygen atoms in total. The van der Waals surface area contributed by atoms with E-state index in [0.717, 1.165) is 37.9 Å². The number of hydrogen-bond acceptors (Lipinski definition) is 5. The Morgan fingerprint density at radius 1 is 1.67 bits per heavy atom. The van der Waals surface area contributed by atoms with Crippen molar-refractivity contribution < 1.29 is 4.79 Å². The minimum absolute atomic E-state index is 0.170. The third-order valence-electron chi connectivity index (χ3n) is 2.62. The topological polar surface area (TPSA) is 46.1 Å². The van der Waals surface area contributed by atoms with Crippen LogP contribution in [0.5, 0.6) is 0 Å². The quantitative estimate of drug-likeness (QED) is 0.759. The SMILES string of the molecule is O=CC1CCCN(Cc2nnsc2Cl)C1. The maximum absolute atomic E-state index is 10.7. The Hall–Kier alpha value is -0.520. The molecule has 6 heteroatoms. The molecule has 1 aliphatic rings. The van der Waals surface area contributed by atoms with Crippen LogP contribution in [0.4, 0.5) is 0 Å². The molecule has 1 atom stereocenters. The summed E-state index contributed by atoms with van der Waals surface area (Å²) >= 11 is 7.13. The number of rotatable bonds is 3. The van der Waals surface area contributed by atoms with E-state index in [9.17, 15) is 4.79 Å². The summed E-state index contributed by atoms with van der Waals surface area (Å²) in [5, 5.41) is 3.97. The second-order valence-electron chi connectivity index (χ2n) is 3.77. The van der Waals surface area contributed by atoms with Gasteiger partial charge in [0.1, 0.15) is 16.3 Å². The molecule has 0 spiro atoms. The van der Waals surface area contributed by atoms with Crippen molar-refractivity contribution in [1.82, 2.24) is 14.5 Å². The van der Waals surface area contributed by atoms with Crippen molar-refractivity contribution in [3.8, 4) is 0 Å². The van der Waals surface area contributed by atoms with E-state index in [-0.39, 0.29) is 5.92 Å². The second-order valence-corrected chi connectivity index (χ2v) is 5.12. The van der Waals surface area contributed by atoms with Crippen molar-refractivity contribution in [3.05, 3.63) is 10.0 Å². The van der Waals surface area contributed by atoms with Gasteiger partial charge in [0.15, 0.2) is 0 Å². The summed E-state index contributed by atoms with van der Waals surface area (Å²) in [5.74, 6) is 0.170. The Labute approximate surface area is 97.4 Å². The summed E-state index contributed by atoms with van der Waals surface area (Å²) in [6.07, 6.45) is 3.12. The van der Waals surface area contributed by atoms with Crippen LogP contribution in [-0.2, 0) is 11.3 Å². The molecular weight excluding hydrogens is 234 g/mol. The molecule has 1 fully saturated rings. The molecule has 1 aromatic rings. The molecule has 0 saturated carbocycles. The second kappa shape index (κ2) is 5.01. The van der Waals surface area contributed by atoms with E-state index in [1.54, 1.807) is 0 Å². The molecule has 1 aromatic heterocycles. The summed E-state index contributed by atoms with van der Waals surface area (Å²) in [6, 6.07) is 0. The maximum Gasteiger partial charge on any atom is 0.138 e. The highest BCUT2D eigenvalue weighted by molar-refractivity contribution is 7.10. The van der Waals surface area contributed by atoms with E-state index in [4.69, 9.17) is 11.6 Å². The van der Waals surface area contributed by atoms with Gasteiger partial charge < -0.3 is 4.79 Å². The Morgan fingerprint density at radius 3 is 3.20 bits per heavy atom. The van der Waals surface area contributed by atoms with Crippen LogP contribution in [0, 0.1) is 5.92 Å². The first kappa shape index (κ1) is 11.0. The fraction of sp³-hybridized carbons (Fsp3) is 0.667. The number of hydrogen-bond donors (Lipinski definition) is 0. The van der Waals surface area contributed by atoms with Gasteiger partial charge in [0, 0.05) is 30.5 Å². The molecular formula is C9H12ClN3OS. The zero-order valence-corrected chi connectivity index (χ0v) is 9.80. The number of carbonyl (C=O) groups is 1. The molecule has 0 aliphatic carbocycles. The van der Waals surface area contributed by atoms with Gasteiger partial charge in [0.2, 0.25) is 0 Å². The van der Waals surface area contributed by atoms with Crippen molar-refractivity contribution >= 4 is 29.4 Å². The van der Waals surface area contributed by atoms with E-state index in [1.807, 2.05) is 0 Å². The lowest BCUT2D eigenvalue weighted by Gasteiger charge is -2.29. The smallest absolute Gasteiger partial charge is 0.138 e. The maximum atomic E-state index is 10.7. The molecule has 1 saturated heterocycles. The molecule has 2 rings (SSSR count). The Bertz CT molecular complexity index is 344. The monoisotopic (exact) mass is 245 g/mol. The third-order valence-corrected chi connectivity index (χ3v) is 3.60. The normalized spacial score (nSPS) is 22.9. The van der Waals surface area contributed by atoms with Crippen LogP contribution in [0.1, 0.15) is 18.5 Å². The van der Waals surface area contributed by atoms with Gasteiger partial charge >= 0.3 is 0 Å². The number of aromatic nitrogens is 2. The number of likely N-dealkylation sites (tertiary alicyclic amines) is 1. The highest BCUT2D eigenvalue weighted by Crippen LogP contribution is 2.21. The number of carbonyl (C=O) groups excluding carboxylic acids is 1. The molecule has 1 aliphatic heterocycles. The molecule has 82 valence electrons. The first-order valence-electron chi connectivity index (χ1n) is 4.94. The molecule has 0 amide bonds. The Kier molecular flexibility index (Phi) is 3.66. The van der Waals surface area contributed by atoms with Gasteiger partial charge in [-0.05, 0) is 19.4 Å². The molecule has 0 aromatic carbocycles. The minimum atomic E-state index is 0.170. The van der Waals surface area contributed by atoms with Gasteiger partial charge in [-0.2, -0.15) is 0 Å². The molecule has 1 unspecified atom stereocenters. The van der Waals surface area contributed by atoms with Gasteiger partial charge in [-0.3, -0.25) is 4.90 Å². The average molecular weight is 246 g/mol. The average Bonchev–Trinajstić information content (AvgIpc) is 2.65. The number of halogens is 1. The molecule has 15 heavy (non-hydrogen) atoms. The van der Waals surface area contributed by atoms with E-state index in [2.05, 4.69) is 14.5 Å². The zero-order valence-electron chi connectivity index (χ0n) is 8.23. The Morgan fingerprint density at radius 2 is 2.53 bits per heavy atom. The van der Waals surface area contributed by atoms with Gasteiger partial charge in [-0.15, -0.1) is 5.10 Å². The largest absolute Gasteiger partial charge is 0.303 e. The van der Waals surface area contributed by atoms with Gasteiger partial charge in [0.05, 0.1) is 0 Å². The predicted molar refractivity (Wildman–Crippen MR) is 59.0 cm³/mol. The fourth-order valence-electron chi connectivity index (χ4n) is 1.85. The summed E-state index contributed by atoms with van der Waals surface area (Å²) in [4.78, 5) is 12.9. The summed E-state index contributed by atoms with van der Waals surface area (Å²) in [7, 11) is 0. The van der Waals surface area contributed by atoms with Crippen LogP contribution in [0.15, 0.2) is 0 Å². The molecule has 2 heterocycles. The summed E-state index contributed by atoms with van der Waals surface area (Å²) in [5.41, 5.74) is 0.827. The standard InChI is InChI=1S/C9H12ClN3OS/c10-9-8(11-12-15-9)5-13-3-1-2-7(4-13)6-14/h6-7H,1-5H2. The molecule has 0 bridgehead atoms. The van der Waals surface area contributed by atoms with Crippen LogP contribution >= 0.6 is 23.1 Å². The van der Waals surface area contributed by atoms with E-state index in [0.29, 0.717) is 10.9 Å². The number of aldehydes is 1. The number of nitrogens with zero attached hydrogens (tertiary/aromatic N) is 3. The lowest BCUT2D eigenvalue weighted by molar-refractivity contribution is -0.112. The van der Waals surface area contributed by atoms with Crippen LogP contribution in [0.2, 0.25) is 4.34 Å². The minimum Gasteiger partial charge on any atom is -0.303 e. The predicted octanol–water partition coefficient (Wildman–Crippen LogP) is 1.60. The van der Waals surface area contributed by atoms with Crippen molar-refractivity contribution in [2.75, 3.05) is 13.1 Å². The van der Waals surface area contributed by atoms with Crippen molar-refractivity contribution in [2.45, 2.75) is 19.4 Å². The molecule has 0 N–H and O–H groups in total. The lowest BCUT2D eigenvalue weighted by Crippen LogP contribution is -2.35. The van der Waals surface area contributed by atoms with Crippen LogP contribution < -0.4 is 0 Å². The highest BCUT2D eigenvalue weighted by atomic mass is 35.5. The van der Waals surface area contributed by atoms with Crippen molar-refractivity contribution in [2.24, 2.45) is 5.92 Å². The van der Waals surface area contributed by atoms with E-state index < -0.39 is 0 Å². The zero-order chi connectivity index (χ0) is 10.7. The van der Waals surface area contributed by atoms with Gasteiger partial charge in [0.25, 0.3) is 0 Å². The van der Waals surface area contributed by atoms with Crippen molar-refractivity contribution in [1.29, 1.82) is 0 Å². The van der Waals surface area contributed by atoms with Crippen molar-refractivity contribution in [3.63, 3.8) is 0 Å². The van der Waals surface area contributed by atoms with Gasteiger partial charge in [-0.25, -0.2) is 0 Å². The van der Waals surface area contributed by atoms with Crippen LogP contribution in [-0.4, -0.2) is 33.9 Å². The fourth-order valence-corrected chi connectivity index (χ4v) is 2.46. The van der Waals surface area contributed by atoms with Gasteiger partial charge in [-0.1, -0.05) is 16.1 Å². The van der Waals surface area contributed by atoms with E-state index in [1.165, 1.54) is 11.5 Å².